The fourth-order valence-electron chi connectivity index (χ4n) is 2.66. The van der Waals surface area contributed by atoms with Crippen LogP contribution in [0.1, 0.15) is 33.4 Å². The molecule has 1 N–H and O–H groups in total. The van der Waals surface area contributed by atoms with Crippen LogP contribution >= 0.6 is 11.6 Å². The average molecular weight is 441 g/mol. The summed E-state index contributed by atoms with van der Waals surface area (Å²) in [4.78, 5) is 3.97. The minimum atomic E-state index is -0.465. The molecule has 6 heteroatoms. The number of benzene rings is 2. The van der Waals surface area contributed by atoms with Gasteiger partial charge >= 0.3 is 0 Å². The molecule has 0 aliphatic carbocycles. The quantitative estimate of drug-likeness (QED) is 0.317. The maximum absolute atomic E-state index is 13.4. The Kier molecular flexibility index (Phi) is 11.8. The molecule has 31 heavy (non-hydrogen) atoms. The van der Waals surface area contributed by atoms with Gasteiger partial charge in [0.15, 0.2) is 5.82 Å². The molecule has 3 aromatic rings. The van der Waals surface area contributed by atoms with Crippen LogP contribution in [-0.4, -0.2) is 23.5 Å². The zero-order chi connectivity index (χ0) is 23.2. The Hall–Kier alpha value is -3.05. The number of rotatable bonds is 6. The Morgan fingerprint density at radius 2 is 1.77 bits per heavy atom. The second kappa shape index (κ2) is 14.0. The summed E-state index contributed by atoms with van der Waals surface area (Å²) in [6.07, 6.45) is 5.99. The first-order chi connectivity index (χ1) is 15.1. The van der Waals surface area contributed by atoms with E-state index >= 15 is 0 Å². The third-order valence-corrected chi connectivity index (χ3v) is 4.31. The lowest BCUT2D eigenvalue weighted by molar-refractivity contribution is 0.628. The van der Waals surface area contributed by atoms with Gasteiger partial charge in [-0.1, -0.05) is 76.2 Å². The number of hydrogen-bond acceptors (Lipinski definition) is 4. The number of nitrogens with zero attached hydrogens (tertiary/aromatic N) is 3. The maximum atomic E-state index is 13.4. The van der Waals surface area contributed by atoms with Gasteiger partial charge in [0.05, 0.1) is 10.7 Å². The Labute approximate surface area is 189 Å². The van der Waals surface area contributed by atoms with E-state index in [1.165, 1.54) is 12.1 Å². The Balaban J connectivity index is 0.00000113. The lowest BCUT2D eigenvalue weighted by atomic mass is 10.0. The van der Waals surface area contributed by atoms with Gasteiger partial charge in [0.1, 0.15) is 5.82 Å². The second-order valence-electron chi connectivity index (χ2n) is 5.82. The summed E-state index contributed by atoms with van der Waals surface area (Å²) in [6.45, 7) is 11.8. The summed E-state index contributed by atoms with van der Waals surface area (Å²) in [5.74, 6) is 0.115. The molecule has 3 rings (SSSR count). The van der Waals surface area contributed by atoms with Crippen molar-refractivity contribution in [1.29, 1.82) is 0 Å². The predicted molar refractivity (Wildman–Crippen MR) is 133 cm³/mol. The van der Waals surface area contributed by atoms with Gasteiger partial charge in [-0.2, -0.15) is 5.10 Å². The van der Waals surface area contributed by atoms with Crippen LogP contribution in [0.2, 0.25) is 5.02 Å². The molecule has 0 radical (unpaired) electrons. The number of aliphatic imine (C=N–C) groups is 1. The fourth-order valence-corrected chi connectivity index (χ4v) is 2.84. The van der Waals surface area contributed by atoms with Gasteiger partial charge in [-0.25, -0.2) is 4.39 Å². The highest BCUT2D eigenvalue weighted by Crippen LogP contribution is 2.28. The molecule has 0 spiro atoms. The molecule has 0 aliphatic rings. The minimum absolute atomic E-state index is 0.0484. The van der Waals surface area contributed by atoms with E-state index in [1.807, 2.05) is 58.0 Å². The van der Waals surface area contributed by atoms with Crippen molar-refractivity contribution >= 4 is 40.1 Å². The van der Waals surface area contributed by atoms with Crippen molar-refractivity contribution in [3.05, 3.63) is 83.3 Å². The lowest BCUT2D eigenvalue weighted by Gasteiger charge is -2.11. The number of nitrogens with one attached hydrogen (secondary N) is 1. The highest BCUT2D eigenvalue weighted by Gasteiger charge is 2.11. The van der Waals surface area contributed by atoms with E-state index in [1.54, 1.807) is 25.4 Å². The van der Waals surface area contributed by atoms with E-state index in [9.17, 15) is 4.39 Å². The van der Waals surface area contributed by atoms with Gasteiger partial charge in [-0.05, 0) is 29.8 Å². The molecular formula is C25H30ClFN4. The summed E-state index contributed by atoms with van der Waals surface area (Å²) in [6, 6.07) is 12.3. The molecule has 0 saturated carbocycles. The number of aromatic nitrogens is 2. The Bertz CT molecular complexity index is 1040. The van der Waals surface area contributed by atoms with Gasteiger partial charge in [0.25, 0.3) is 0 Å². The summed E-state index contributed by atoms with van der Waals surface area (Å²) in [5, 5.41) is 13.8. The SMILES string of the molecule is C=C/C(=C\C=NC)Cc1nnc(Nc2ccc(F)c(Cl)c2)c2ccccc12.CC.CC. The normalized spacial score (nSPS) is 10.7. The van der Waals surface area contributed by atoms with Crippen molar-refractivity contribution in [3.63, 3.8) is 0 Å². The molecule has 0 bridgehead atoms. The number of allylic oxidation sites excluding steroid dienone is 3. The molecule has 0 aliphatic heterocycles. The number of hydrogen-bond donors (Lipinski definition) is 1. The molecule has 0 unspecified atom stereocenters. The monoisotopic (exact) mass is 440 g/mol. The summed E-state index contributed by atoms with van der Waals surface area (Å²) < 4.78 is 13.4. The highest BCUT2D eigenvalue weighted by atomic mass is 35.5. The standard InChI is InChI=1S/C21H18ClFN4.2C2H6/c1-3-14(10-11-24-2)12-20-16-6-4-5-7-17(16)21(27-26-20)25-15-8-9-19(23)18(22)13-15;2*1-2/h3-11,13H,1,12H2,2H3,(H,25,27);2*1-2H3/b14-10+,24-11?;;. The number of halogens is 2. The van der Waals surface area contributed by atoms with E-state index < -0.39 is 5.82 Å². The van der Waals surface area contributed by atoms with Crippen molar-refractivity contribution in [2.75, 3.05) is 12.4 Å². The van der Waals surface area contributed by atoms with Crippen molar-refractivity contribution < 1.29 is 4.39 Å². The summed E-state index contributed by atoms with van der Waals surface area (Å²) in [5.41, 5.74) is 2.47. The molecule has 4 nitrogen and oxygen atoms in total. The van der Waals surface area contributed by atoms with Gasteiger partial charge in [0, 0.05) is 36.1 Å². The first-order valence-electron chi connectivity index (χ1n) is 10.3. The van der Waals surface area contributed by atoms with Gasteiger partial charge in [-0.15, -0.1) is 5.10 Å². The van der Waals surface area contributed by atoms with Crippen LogP contribution in [0.5, 0.6) is 0 Å². The number of anilines is 2. The van der Waals surface area contributed by atoms with Gasteiger partial charge in [0.2, 0.25) is 0 Å². The lowest BCUT2D eigenvalue weighted by Crippen LogP contribution is -2.02. The molecule has 0 fully saturated rings. The minimum Gasteiger partial charge on any atom is -0.338 e. The molecule has 0 amide bonds. The van der Waals surface area contributed by atoms with E-state index in [2.05, 4.69) is 27.1 Å². The van der Waals surface area contributed by atoms with Crippen LogP contribution in [-0.2, 0) is 6.42 Å². The number of fused-ring (bicyclic) bond motifs is 1. The van der Waals surface area contributed by atoms with Crippen LogP contribution < -0.4 is 5.32 Å². The smallest absolute Gasteiger partial charge is 0.160 e. The molecule has 164 valence electrons. The van der Waals surface area contributed by atoms with Crippen LogP contribution in [0.4, 0.5) is 15.9 Å². The van der Waals surface area contributed by atoms with E-state index in [0.29, 0.717) is 17.9 Å². The van der Waals surface area contributed by atoms with Crippen molar-refractivity contribution in [2.45, 2.75) is 34.1 Å². The summed E-state index contributed by atoms with van der Waals surface area (Å²) >= 11 is 5.86. The first-order valence-corrected chi connectivity index (χ1v) is 10.7. The van der Waals surface area contributed by atoms with Crippen molar-refractivity contribution in [2.24, 2.45) is 4.99 Å². The fraction of sp³-hybridized carbons (Fsp3) is 0.240. The maximum Gasteiger partial charge on any atom is 0.160 e. The van der Waals surface area contributed by atoms with Crippen LogP contribution in [0.3, 0.4) is 0 Å². The topological polar surface area (TPSA) is 50.2 Å². The van der Waals surface area contributed by atoms with Gasteiger partial charge < -0.3 is 5.32 Å². The third kappa shape index (κ3) is 7.30. The molecule has 1 heterocycles. The Morgan fingerprint density at radius 3 is 2.39 bits per heavy atom. The zero-order valence-electron chi connectivity index (χ0n) is 18.8. The van der Waals surface area contributed by atoms with Crippen LogP contribution in [0, 0.1) is 5.82 Å². The molecular weight excluding hydrogens is 411 g/mol. The average Bonchev–Trinajstić information content (AvgIpc) is 2.83. The second-order valence-corrected chi connectivity index (χ2v) is 6.23. The zero-order valence-corrected chi connectivity index (χ0v) is 19.5. The molecule has 2 aromatic carbocycles. The van der Waals surface area contributed by atoms with E-state index in [4.69, 9.17) is 11.6 Å². The van der Waals surface area contributed by atoms with E-state index in [-0.39, 0.29) is 5.02 Å². The van der Waals surface area contributed by atoms with E-state index in [0.717, 1.165) is 22.0 Å². The van der Waals surface area contributed by atoms with Crippen molar-refractivity contribution in [3.8, 4) is 0 Å². The van der Waals surface area contributed by atoms with Crippen LogP contribution in [0.15, 0.2) is 71.8 Å². The molecule has 0 saturated heterocycles. The summed E-state index contributed by atoms with van der Waals surface area (Å²) in [7, 11) is 1.72. The Morgan fingerprint density at radius 1 is 1.10 bits per heavy atom. The predicted octanol–water partition coefficient (Wildman–Crippen LogP) is 7.57. The van der Waals surface area contributed by atoms with Gasteiger partial charge in [-0.3, -0.25) is 4.99 Å². The highest BCUT2D eigenvalue weighted by molar-refractivity contribution is 6.31. The molecule has 1 aromatic heterocycles. The largest absolute Gasteiger partial charge is 0.338 e. The molecule has 0 atom stereocenters. The first kappa shape index (κ1) is 26.0. The van der Waals surface area contributed by atoms with Crippen LogP contribution in [0.25, 0.3) is 10.8 Å². The van der Waals surface area contributed by atoms with Crippen molar-refractivity contribution in [1.82, 2.24) is 10.2 Å². The third-order valence-electron chi connectivity index (χ3n) is 4.02.